The van der Waals surface area contributed by atoms with Crippen molar-refractivity contribution < 1.29 is 24.2 Å². The van der Waals surface area contributed by atoms with Gasteiger partial charge in [0.25, 0.3) is 11.8 Å². The first-order chi connectivity index (χ1) is 18.8. The normalized spacial score (nSPS) is 19.3. The summed E-state index contributed by atoms with van der Waals surface area (Å²) in [6, 6.07) is 24.5. The molecule has 2 amide bonds. The predicted octanol–water partition coefficient (Wildman–Crippen LogP) is 4.56. The Morgan fingerprint density at radius 3 is 2.31 bits per heavy atom. The zero-order valence-corrected chi connectivity index (χ0v) is 23.1. The Morgan fingerprint density at radius 1 is 1.03 bits per heavy atom. The van der Waals surface area contributed by atoms with Gasteiger partial charge in [-0.2, -0.15) is 0 Å². The van der Waals surface area contributed by atoms with Gasteiger partial charge in [0.2, 0.25) is 0 Å². The molecule has 3 aromatic rings. The summed E-state index contributed by atoms with van der Waals surface area (Å²) >= 11 is 0. The van der Waals surface area contributed by atoms with Crippen LogP contribution in [0.15, 0.2) is 78.9 Å². The van der Waals surface area contributed by atoms with Gasteiger partial charge in [0.05, 0.1) is 25.4 Å². The molecule has 3 aromatic carbocycles. The van der Waals surface area contributed by atoms with Gasteiger partial charge in [-0.3, -0.25) is 9.59 Å². The summed E-state index contributed by atoms with van der Waals surface area (Å²) < 4.78 is 12.1. The topological polar surface area (TPSA) is 79.3 Å². The minimum atomic E-state index is -0.725. The van der Waals surface area contributed by atoms with Crippen LogP contribution in [0, 0.1) is 5.92 Å². The van der Waals surface area contributed by atoms with Crippen molar-refractivity contribution >= 4 is 11.8 Å². The number of likely N-dealkylation sites (N-methyl/N-ethyl adjacent to an activating group) is 1. The van der Waals surface area contributed by atoms with Gasteiger partial charge in [-0.1, -0.05) is 79.7 Å². The van der Waals surface area contributed by atoms with Gasteiger partial charge in [-0.25, -0.2) is 0 Å². The van der Waals surface area contributed by atoms with Gasteiger partial charge < -0.3 is 24.4 Å². The van der Waals surface area contributed by atoms with Crippen LogP contribution in [0.1, 0.15) is 41.4 Å². The fourth-order valence-corrected chi connectivity index (χ4v) is 5.12. The Morgan fingerprint density at radius 2 is 1.64 bits per heavy atom. The van der Waals surface area contributed by atoms with Gasteiger partial charge in [-0.05, 0) is 35.2 Å². The van der Waals surface area contributed by atoms with Crippen molar-refractivity contribution in [3.8, 4) is 11.1 Å². The van der Waals surface area contributed by atoms with E-state index in [4.69, 9.17) is 9.47 Å². The van der Waals surface area contributed by atoms with E-state index in [0.717, 1.165) is 22.3 Å². The zero-order valence-electron chi connectivity index (χ0n) is 23.1. The van der Waals surface area contributed by atoms with Gasteiger partial charge >= 0.3 is 0 Å². The van der Waals surface area contributed by atoms with Crippen LogP contribution in [0.25, 0.3) is 11.1 Å². The minimum absolute atomic E-state index is 0.131. The van der Waals surface area contributed by atoms with Crippen molar-refractivity contribution in [2.45, 2.75) is 38.7 Å². The van der Waals surface area contributed by atoms with Gasteiger partial charge in [-0.15, -0.1) is 0 Å². The summed E-state index contributed by atoms with van der Waals surface area (Å²) in [7, 11) is 3.28. The second-order valence-corrected chi connectivity index (χ2v) is 10.3. The number of hydrogen-bond donors (Lipinski definition) is 1. The second-order valence-electron chi connectivity index (χ2n) is 10.3. The lowest BCUT2D eigenvalue weighted by Crippen LogP contribution is -2.48. The van der Waals surface area contributed by atoms with Crippen LogP contribution >= 0.6 is 0 Å². The van der Waals surface area contributed by atoms with E-state index in [1.807, 2.05) is 92.7 Å². The van der Waals surface area contributed by atoms with Crippen LogP contribution < -0.4 is 0 Å². The van der Waals surface area contributed by atoms with Gasteiger partial charge in [0, 0.05) is 38.7 Å². The third-order valence-electron chi connectivity index (χ3n) is 7.49. The molecule has 0 aromatic heterocycles. The quantitative estimate of drug-likeness (QED) is 0.485. The molecule has 0 saturated heterocycles. The Kier molecular flexibility index (Phi) is 9.51. The average molecular weight is 531 g/mol. The molecule has 0 fully saturated rings. The molecule has 39 heavy (non-hydrogen) atoms. The molecule has 4 atom stereocenters. The lowest BCUT2D eigenvalue weighted by Gasteiger charge is -2.35. The van der Waals surface area contributed by atoms with Gasteiger partial charge in [0.15, 0.2) is 6.10 Å². The third kappa shape index (κ3) is 6.38. The number of hydrogen-bond acceptors (Lipinski definition) is 5. The van der Waals surface area contributed by atoms with Crippen molar-refractivity contribution in [1.82, 2.24) is 9.80 Å². The lowest BCUT2D eigenvalue weighted by molar-refractivity contribution is -0.143. The molecule has 7 heteroatoms. The van der Waals surface area contributed by atoms with Crippen LogP contribution in [0.3, 0.4) is 0 Å². The number of ether oxygens (including phenoxy) is 2. The smallest absolute Gasteiger partial charge is 0.256 e. The maximum absolute atomic E-state index is 13.9. The van der Waals surface area contributed by atoms with E-state index in [-0.39, 0.29) is 36.5 Å². The first-order valence-electron chi connectivity index (χ1n) is 13.4. The van der Waals surface area contributed by atoms with Gasteiger partial charge in [0.1, 0.15) is 0 Å². The molecule has 1 aliphatic rings. The predicted molar refractivity (Wildman–Crippen MR) is 151 cm³/mol. The number of amides is 2. The number of rotatable bonds is 7. The SMILES string of the molecule is CO[C@H](C(=O)N(C)C[C@@H]1OCc2ccccc2-c2ccccc2C(=O)N([C@@H](C)CO)C[C@@H]1C)c1ccccc1. The molecule has 0 bridgehead atoms. The van der Waals surface area contributed by atoms with E-state index < -0.39 is 6.10 Å². The van der Waals surface area contributed by atoms with Crippen molar-refractivity contribution in [3.63, 3.8) is 0 Å². The first kappa shape index (κ1) is 28.5. The molecular weight excluding hydrogens is 492 g/mol. The largest absolute Gasteiger partial charge is 0.394 e. The van der Waals surface area contributed by atoms with Crippen LogP contribution in [0.4, 0.5) is 0 Å². The fourth-order valence-electron chi connectivity index (χ4n) is 5.12. The Labute approximate surface area is 231 Å². The number of aliphatic hydroxyl groups is 1. The molecule has 0 saturated carbocycles. The molecule has 0 spiro atoms. The van der Waals surface area contributed by atoms with Crippen molar-refractivity contribution in [3.05, 3.63) is 95.6 Å². The summed E-state index contributed by atoms with van der Waals surface area (Å²) in [6.07, 6.45) is -1.10. The average Bonchev–Trinajstić information content (AvgIpc) is 2.99. The van der Waals surface area contributed by atoms with E-state index >= 15 is 0 Å². The molecule has 0 unspecified atom stereocenters. The Hall–Kier alpha value is -3.52. The van der Waals surface area contributed by atoms with Crippen LogP contribution in [-0.4, -0.2) is 72.7 Å². The summed E-state index contributed by atoms with van der Waals surface area (Å²) in [5, 5.41) is 10.0. The minimum Gasteiger partial charge on any atom is -0.394 e. The van der Waals surface area contributed by atoms with E-state index in [2.05, 4.69) is 0 Å². The molecule has 1 aliphatic heterocycles. The fraction of sp³-hybridized carbons (Fsp3) is 0.375. The molecular formula is C32H38N2O5. The van der Waals surface area contributed by atoms with E-state index in [9.17, 15) is 14.7 Å². The van der Waals surface area contributed by atoms with Crippen LogP contribution in [0.2, 0.25) is 0 Å². The molecule has 1 N–H and O–H groups in total. The summed E-state index contributed by atoms with van der Waals surface area (Å²) in [5.41, 5.74) is 4.11. The van der Waals surface area contributed by atoms with Crippen molar-refractivity contribution in [2.75, 3.05) is 33.9 Å². The number of carbonyl (C=O) groups is 2. The first-order valence-corrected chi connectivity index (χ1v) is 13.4. The molecule has 0 aliphatic carbocycles. The van der Waals surface area contributed by atoms with E-state index in [1.54, 1.807) is 16.8 Å². The second kappa shape index (κ2) is 13.0. The zero-order chi connectivity index (χ0) is 27.9. The molecule has 206 valence electrons. The Bertz CT molecular complexity index is 1260. The van der Waals surface area contributed by atoms with Crippen molar-refractivity contribution in [1.29, 1.82) is 0 Å². The number of fused-ring (bicyclic) bond motifs is 3. The Balaban J connectivity index is 1.68. The number of nitrogens with zero attached hydrogens (tertiary/aromatic N) is 2. The number of carbonyl (C=O) groups excluding carboxylic acids is 2. The summed E-state index contributed by atoms with van der Waals surface area (Å²) in [5.74, 6) is -0.436. The summed E-state index contributed by atoms with van der Waals surface area (Å²) in [6.45, 7) is 4.72. The highest BCUT2D eigenvalue weighted by Crippen LogP contribution is 2.31. The van der Waals surface area contributed by atoms with Crippen LogP contribution in [0.5, 0.6) is 0 Å². The van der Waals surface area contributed by atoms with Crippen LogP contribution in [-0.2, 0) is 20.9 Å². The van der Waals surface area contributed by atoms with E-state index in [0.29, 0.717) is 25.3 Å². The number of aliphatic hydroxyl groups excluding tert-OH is 1. The number of benzene rings is 3. The summed E-state index contributed by atoms with van der Waals surface area (Å²) in [4.78, 5) is 30.8. The highest BCUT2D eigenvalue weighted by atomic mass is 16.5. The molecule has 4 rings (SSSR count). The highest BCUT2D eigenvalue weighted by Gasteiger charge is 2.32. The van der Waals surface area contributed by atoms with Crippen molar-refractivity contribution in [2.24, 2.45) is 5.92 Å². The molecule has 7 nitrogen and oxygen atoms in total. The maximum atomic E-state index is 13.9. The van der Waals surface area contributed by atoms with E-state index in [1.165, 1.54) is 7.11 Å². The lowest BCUT2D eigenvalue weighted by atomic mass is 9.94. The molecule has 1 heterocycles. The maximum Gasteiger partial charge on any atom is 0.256 e. The monoisotopic (exact) mass is 530 g/mol. The third-order valence-corrected chi connectivity index (χ3v) is 7.49. The number of methoxy groups -OCH3 is 1. The molecule has 0 radical (unpaired) electrons. The highest BCUT2D eigenvalue weighted by molar-refractivity contribution is 6.01. The standard InChI is InChI=1S/C32H38N2O5/c1-22-18-34(23(2)20-35)31(36)28-17-11-10-16-27(28)26-15-9-8-14-25(26)21-39-29(22)19-33(3)32(37)30(38-4)24-12-6-5-7-13-24/h5-17,22-23,29-30,35H,18-21H2,1-4H3/t22-,23-,29-,30-/m0/s1.